The molecule has 2 N–H and O–H groups in total. The smallest absolute Gasteiger partial charge is 0.244 e. The number of benzene rings is 1. The van der Waals surface area contributed by atoms with Crippen LogP contribution in [0.1, 0.15) is 37.3 Å². The van der Waals surface area contributed by atoms with Gasteiger partial charge in [-0.25, -0.2) is 0 Å². The van der Waals surface area contributed by atoms with Gasteiger partial charge in [0, 0.05) is 19.7 Å². The first-order valence-corrected chi connectivity index (χ1v) is 7.25. The third kappa shape index (κ3) is 7.06. The Hall–Kier alpha value is -1.65. The number of hydrogen-bond acceptors (Lipinski definition) is 3. The molecule has 0 saturated carbocycles. The van der Waals surface area contributed by atoms with Gasteiger partial charge in [-0.15, -0.1) is 0 Å². The summed E-state index contributed by atoms with van der Waals surface area (Å²) in [5.41, 5.74) is 2.28. The molecule has 4 heteroatoms. The van der Waals surface area contributed by atoms with Crippen LogP contribution >= 0.6 is 0 Å². The fourth-order valence-corrected chi connectivity index (χ4v) is 1.86. The van der Waals surface area contributed by atoms with E-state index in [4.69, 9.17) is 4.74 Å². The summed E-state index contributed by atoms with van der Waals surface area (Å²) in [6, 6.07) is 8.15. The Kier molecular flexibility index (Phi) is 7.72. The van der Waals surface area contributed by atoms with Crippen LogP contribution in [0.25, 0.3) is 6.08 Å². The lowest BCUT2D eigenvalue weighted by Gasteiger charge is -2.08. The Morgan fingerprint density at radius 2 is 2.00 bits per heavy atom. The second-order valence-corrected chi connectivity index (χ2v) is 5.34. The first-order valence-electron chi connectivity index (χ1n) is 7.25. The molecule has 0 aliphatic heterocycles. The molecule has 0 heterocycles. The van der Waals surface area contributed by atoms with Crippen molar-refractivity contribution in [3.05, 3.63) is 41.5 Å². The van der Waals surface area contributed by atoms with Crippen molar-refractivity contribution in [1.29, 1.82) is 0 Å². The van der Waals surface area contributed by atoms with E-state index in [-0.39, 0.29) is 12.5 Å². The van der Waals surface area contributed by atoms with Gasteiger partial charge >= 0.3 is 0 Å². The molecule has 1 aromatic carbocycles. The monoisotopic (exact) mass is 291 g/mol. The van der Waals surface area contributed by atoms with Crippen LogP contribution in [-0.4, -0.2) is 37.4 Å². The van der Waals surface area contributed by atoms with E-state index >= 15 is 0 Å². The number of rotatable bonds is 8. The van der Waals surface area contributed by atoms with Crippen molar-refractivity contribution in [1.82, 2.24) is 5.32 Å². The van der Waals surface area contributed by atoms with Crippen LogP contribution in [-0.2, 0) is 9.53 Å². The number of aliphatic hydroxyl groups excluding tert-OH is 1. The lowest BCUT2D eigenvalue weighted by Crippen LogP contribution is -2.27. The van der Waals surface area contributed by atoms with Crippen LogP contribution in [0.5, 0.6) is 0 Å². The summed E-state index contributed by atoms with van der Waals surface area (Å²) < 4.78 is 4.82. The van der Waals surface area contributed by atoms with Gasteiger partial charge in [-0.3, -0.25) is 4.79 Å². The van der Waals surface area contributed by atoms with Gasteiger partial charge in [0.25, 0.3) is 0 Å². The average Bonchev–Trinajstić information content (AvgIpc) is 2.46. The molecule has 0 bridgehead atoms. The molecule has 1 amide bonds. The highest BCUT2D eigenvalue weighted by molar-refractivity contribution is 5.91. The van der Waals surface area contributed by atoms with Crippen molar-refractivity contribution in [2.75, 3.05) is 20.3 Å². The zero-order valence-electron chi connectivity index (χ0n) is 13.0. The molecule has 116 valence electrons. The Bertz CT molecular complexity index is 452. The summed E-state index contributed by atoms with van der Waals surface area (Å²) in [4.78, 5) is 11.6. The number of carbonyl (C=O) groups is 1. The SMILES string of the molecule is COCC(O)CCNC(=O)/C=C/c1ccc(C(C)C)cc1. The van der Waals surface area contributed by atoms with Crippen molar-refractivity contribution >= 4 is 12.0 Å². The molecular formula is C17H25NO3. The van der Waals surface area contributed by atoms with Crippen molar-refractivity contribution in [3.63, 3.8) is 0 Å². The predicted molar refractivity (Wildman–Crippen MR) is 85.1 cm³/mol. The van der Waals surface area contributed by atoms with E-state index in [0.29, 0.717) is 18.9 Å². The van der Waals surface area contributed by atoms with Gasteiger partial charge < -0.3 is 15.2 Å². The summed E-state index contributed by atoms with van der Waals surface area (Å²) in [5.74, 6) is 0.345. The summed E-state index contributed by atoms with van der Waals surface area (Å²) in [6.07, 6.45) is 3.23. The second-order valence-electron chi connectivity index (χ2n) is 5.34. The number of aliphatic hydroxyl groups is 1. The molecule has 0 radical (unpaired) electrons. The van der Waals surface area contributed by atoms with Crippen LogP contribution in [0, 0.1) is 0 Å². The lowest BCUT2D eigenvalue weighted by molar-refractivity contribution is -0.116. The fraction of sp³-hybridized carbons (Fsp3) is 0.471. The van der Waals surface area contributed by atoms with Crippen LogP contribution in [0.3, 0.4) is 0 Å². The van der Waals surface area contributed by atoms with Crippen molar-refractivity contribution in [3.8, 4) is 0 Å². The van der Waals surface area contributed by atoms with E-state index in [1.54, 1.807) is 6.08 Å². The highest BCUT2D eigenvalue weighted by Crippen LogP contribution is 2.15. The maximum Gasteiger partial charge on any atom is 0.244 e. The molecule has 0 aliphatic rings. The summed E-state index contributed by atoms with van der Waals surface area (Å²) in [5, 5.41) is 12.2. The van der Waals surface area contributed by atoms with Gasteiger partial charge in [0.15, 0.2) is 0 Å². The number of amides is 1. The molecule has 0 saturated heterocycles. The van der Waals surface area contributed by atoms with Gasteiger partial charge in [0.1, 0.15) is 0 Å². The summed E-state index contributed by atoms with van der Waals surface area (Å²) >= 11 is 0. The summed E-state index contributed by atoms with van der Waals surface area (Å²) in [7, 11) is 1.54. The Labute approximate surface area is 126 Å². The molecule has 0 spiro atoms. The van der Waals surface area contributed by atoms with Gasteiger partial charge in [-0.1, -0.05) is 38.1 Å². The van der Waals surface area contributed by atoms with Crippen LogP contribution in [0.15, 0.2) is 30.3 Å². The minimum Gasteiger partial charge on any atom is -0.391 e. The van der Waals surface area contributed by atoms with Gasteiger partial charge in [-0.05, 0) is 29.5 Å². The molecule has 4 nitrogen and oxygen atoms in total. The zero-order chi connectivity index (χ0) is 15.7. The minimum atomic E-state index is -0.539. The first-order chi connectivity index (χ1) is 10.0. The third-order valence-electron chi connectivity index (χ3n) is 3.17. The van der Waals surface area contributed by atoms with E-state index in [2.05, 4.69) is 31.3 Å². The number of ether oxygens (including phenoxy) is 1. The molecule has 1 atom stereocenters. The Morgan fingerprint density at radius 3 is 2.57 bits per heavy atom. The highest BCUT2D eigenvalue weighted by Gasteiger charge is 2.03. The molecule has 1 aromatic rings. The zero-order valence-corrected chi connectivity index (χ0v) is 13.0. The molecule has 0 fully saturated rings. The molecule has 1 unspecified atom stereocenters. The predicted octanol–water partition coefficient (Wildman–Crippen LogP) is 2.34. The lowest BCUT2D eigenvalue weighted by atomic mass is 10.0. The van der Waals surface area contributed by atoms with Crippen LogP contribution in [0.4, 0.5) is 0 Å². The Balaban J connectivity index is 2.36. The van der Waals surface area contributed by atoms with Crippen LogP contribution in [0.2, 0.25) is 0 Å². The standard InChI is InChI=1S/C17H25NO3/c1-13(2)15-7-4-14(5-8-15)6-9-17(20)18-11-10-16(19)12-21-3/h4-9,13,16,19H,10-12H2,1-3H3,(H,18,20)/b9-6+. The summed E-state index contributed by atoms with van der Waals surface area (Å²) in [6.45, 7) is 5.01. The number of carbonyl (C=O) groups excluding carboxylic acids is 1. The molecule has 1 rings (SSSR count). The van der Waals surface area contributed by atoms with E-state index in [1.807, 2.05) is 12.1 Å². The van der Waals surface area contributed by atoms with Crippen LogP contribution < -0.4 is 5.32 Å². The second kappa shape index (κ2) is 9.32. The average molecular weight is 291 g/mol. The largest absolute Gasteiger partial charge is 0.391 e. The van der Waals surface area contributed by atoms with E-state index < -0.39 is 6.10 Å². The van der Waals surface area contributed by atoms with Crippen molar-refractivity contribution in [2.24, 2.45) is 0 Å². The van der Waals surface area contributed by atoms with Gasteiger partial charge in [-0.2, -0.15) is 0 Å². The highest BCUT2D eigenvalue weighted by atomic mass is 16.5. The number of nitrogens with one attached hydrogen (secondary N) is 1. The van der Waals surface area contributed by atoms with Gasteiger partial charge in [0.05, 0.1) is 12.7 Å². The van der Waals surface area contributed by atoms with E-state index in [0.717, 1.165) is 5.56 Å². The Morgan fingerprint density at radius 1 is 1.33 bits per heavy atom. The number of methoxy groups -OCH3 is 1. The molecule has 0 aromatic heterocycles. The first kappa shape index (κ1) is 17.4. The molecule has 0 aliphatic carbocycles. The maximum atomic E-state index is 11.6. The van der Waals surface area contributed by atoms with Gasteiger partial charge in [0.2, 0.25) is 5.91 Å². The fourth-order valence-electron chi connectivity index (χ4n) is 1.86. The van der Waals surface area contributed by atoms with E-state index in [1.165, 1.54) is 18.7 Å². The quantitative estimate of drug-likeness (QED) is 0.723. The van der Waals surface area contributed by atoms with E-state index in [9.17, 15) is 9.90 Å². The third-order valence-corrected chi connectivity index (χ3v) is 3.17. The molecule has 21 heavy (non-hydrogen) atoms. The number of hydrogen-bond donors (Lipinski definition) is 2. The van der Waals surface area contributed by atoms with Crippen molar-refractivity contribution in [2.45, 2.75) is 32.3 Å². The minimum absolute atomic E-state index is 0.160. The van der Waals surface area contributed by atoms with Crippen molar-refractivity contribution < 1.29 is 14.6 Å². The maximum absolute atomic E-state index is 11.6. The molecular weight excluding hydrogens is 266 g/mol. The normalized spacial score (nSPS) is 12.8. The topological polar surface area (TPSA) is 58.6 Å².